The summed E-state index contributed by atoms with van der Waals surface area (Å²) in [5.74, 6) is 0. The fraction of sp³-hybridized carbons (Fsp3) is 0.667. The fourth-order valence-corrected chi connectivity index (χ4v) is 3.72. The maximum absolute atomic E-state index is 6.24. The number of piperidine rings is 1. The molecule has 2 unspecified atom stereocenters. The van der Waals surface area contributed by atoms with Gasteiger partial charge in [-0.2, -0.15) is 0 Å². The van der Waals surface area contributed by atoms with Gasteiger partial charge in [0.2, 0.25) is 0 Å². The zero-order valence-electron chi connectivity index (χ0n) is 11.9. The van der Waals surface area contributed by atoms with Crippen molar-refractivity contribution in [3.63, 3.8) is 0 Å². The Balaban J connectivity index is 1.71. The molecule has 0 aliphatic carbocycles. The molecule has 5 heteroatoms. The van der Waals surface area contributed by atoms with Crippen LogP contribution in [0.4, 0.5) is 0 Å². The number of halogens is 2. The van der Waals surface area contributed by atoms with E-state index in [4.69, 9.17) is 23.2 Å². The fourth-order valence-electron chi connectivity index (χ4n) is 3.39. The summed E-state index contributed by atoms with van der Waals surface area (Å²) in [6, 6.07) is 4.84. The Morgan fingerprint density at radius 3 is 2.95 bits per heavy atom. The molecule has 2 fully saturated rings. The van der Waals surface area contributed by atoms with Gasteiger partial charge in [0.1, 0.15) is 5.15 Å². The molecule has 0 bridgehead atoms. The van der Waals surface area contributed by atoms with Crippen LogP contribution in [0.5, 0.6) is 0 Å². The van der Waals surface area contributed by atoms with Crippen LogP contribution in [0, 0.1) is 0 Å². The molecule has 2 aliphatic heterocycles. The first-order valence-corrected chi connectivity index (χ1v) is 8.18. The minimum Gasteiger partial charge on any atom is -0.298 e. The van der Waals surface area contributed by atoms with Crippen LogP contribution in [0.25, 0.3) is 0 Å². The number of pyridine rings is 1. The summed E-state index contributed by atoms with van der Waals surface area (Å²) in [5.41, 5.74) is 0.898. The van der Waals surface area contributed by atoms with E-state index >= 15 is 0 Å². The highest BCUT2D eigenvalue weighted by molar-refractivity contribution is 6.32. The molecule has 110 valence electrons. The number of rotatable bonds is 2. The monoisotopic (exact) mass is 313 g/mol. The second-order valence-corrected chi connectivity index (χ2v) is 6.78. The van der Waals surface area contributed by atoms with Crippen molar-refractivity contribution in [3.8, 4) is 0 Å². The third-order valence-corrected chi connectivity index (χ3v) is 5.11. The van der Waals surface area contributed by atoms with Crippen LogP contribution >= 0.6 is 23.2 Å². The van der Waals surface area contributed by atoms with Gasteiger partial charge < -0.3 is 0 Å². The summed E-state index contributed by atoms with van der Waals surface area (Å²) in [6.45, 7) is 6.63. The van der Waals surface area contributed by atoms with Crippen molar-refractivity contribution in [1.29, 1.82) is 0 Å². The van der Waals surface area contributed by atoms with Gasteiger partial charge in [0.05, 0.1) is 10.7 Å². The first-order chi connectivity index (χ1) is 9.63. The summed E-state index contributed by atoms with van der Waals surface area (Å²) in [5, 5.41) is 1.24. The Labute approximate surface area is 130 Å². The number of fused-ring (bicyclic) bond motifs is 1. The van der Waals surface area contributed by atoms with E-state index < -0.39 is 0 Å². The SMILES string of the molecule is CC1CN2CCCCC2CN1Cc1nc(Cl)ccc1Cl. The molecule has 0 saturated carbocycles. The lowest BCUT2D eigenvalue weighted by atomic mass is 9.97. The summed E-state index contributed by atoms with van der Waals surface area (Å²) in [7, 11) is 0. The van der Waals surface area contributed by atoms with E-state index in [0.29, 0.717) is 22.3 Å². The van der Waals surface area contributed by atoms with Gasteiger partial charge in [0.25, 0.3) is 0 Å². The van der Waals surface area contributed by atoms with Gasteiger partial charge in [0.15, 0.2) is 0 Å². The van der Waals surface area contributed by atoms with Gasteiger partial charge in [-0.3, -0.25) is 9.80 Å². The topological polar surface area (TPSA) is 19.4 Å². The van der Waals surface area contributed by atoms with Crippen LogP contribution in [0.3, 0.4) is 0 Å². The summed E-state index contributed by atoms with van der Waals surface area (Å²) >= 11 is 12.2. The lowest BCUT2D eigenvalue weighted by Gasteiger charge is -2.47. The third-order valence-electron chi connectivity index (χ3n) is 4.55. The predicted molar refractivity (Wildman–Crippen MR) is 83.3 cm³/mol. The molecule has 2 atom stereocenters. The van der Waals surface area contributed by atoms with Gasteiger partial charge >= 0.3 is 0 Å². The van der Waals surface area contributed by atoms with E-state index in [1.54, 1.807) is 6.07 Å². The number of hydrogen-bond acceptors (Lipinski definition) is 3. The van der Waals surface area contributed by atoms with Crippen LogP contribution in [0.2, 0.25) is 10.2 Å². The lowest BCUT2D eigenvalue weighted by molar-refractivity contribution is 0.0105. The Hall–Kier alpha value is -0.350. The highest BCUT2D eigenvalue weighted by Crippen LogP contribution is 2.26. The molecule has 0 spiro atoms. The molecule has 2 saturated heterocycles. The lowest BCUT2D eigenvalue weighted by Crippen LogP contribution is -2.58. The van der Waals surface area contributed by atoms with Crippen molar-refractivity contribution in [2.24, 2.45) is 0 Å². The Morgan fingerprint density at radius 1 is 1.25 bits per heavy atom. The van der Waals surface area contributed by atoms with E-state index in [0.717, 1.165) is 25.3 Å². The van der Waals surface area contributed by atoms with Crippen molar-refractivity contribution in [2.75, 3.05) is 19.6 Å². The number of aromatic nitrogens is 1. The molecule has 20 heavy (non-hydrogen) atoms. The van der Waals surface area contributed by atoms with Crippen LogP contribution < -0.4 is 0 Å². The van der Waals surface area contributed by atoms with Crippen molar-refractivity contribution >= 4 is 23.2 Å². The minimum atomic E-state index is 0.522. The highest BCUT2D eigenvalue weighted by atomic mass is 35.5. The zero-order chi connectivity index (χ0) is 14.1. The molecule has 3 nitrogen and oxygen atoms in total. The van der Waals surface area contributed by atoms with Gasteiger partial charge in [0, 0.05) is 31.7 Å². The standard InChI is InChI=1S/C15H21Cl2N3/c1-11-8-19-7-3-2-4-12(19)9-20(11)10-14-13(16)5-6-15(17)18-14/h5-6,11-12H,2-4,7-10H2,1H3. The zero-order valence-corrected chi connectivity index (χ0v) is 13.4. The molecule has 3 heterocycles. The third kappa shape index (κ3) is 3.11. The average molecular weight is 314 g/mol. The molecular formula is C15H21Cl2N3. The molecule has 0 aromatic carbocycles. The molecule has 3 rings (SSSR count). The highest BCUT2D eigenvalue weighted by Gasteiger charge is 2.33. The van der Waals surface area contributed by atoms with Crippen molar-refractivity contribution < 1.29 is 0 Å². The van der Waals surface area contributed by atoms with Gasteiger partial charge in [-0.25, -0.2) is 4.98 Å². The van der Waals surface area contributed by atoms with Gasteiger partial charge in [-0.05, 0) is 38.4 Å². The number of piperazine rings is 1. The Kier molecular flexibility index (Phi) is 4.51. The van der Waals surface area contributed by atoms with E-state index in [-0.39, 0.29) is 0 Å². The maximum Gasteiger partial charge on any atom is 0.129 e. The Bertz CT molecular complexity index is 480. The van der Waals surface area contributed by atoms with Crippen LogP contribution in [-0.4, -0.2) is 46.5 Å². The minimum absolute atomic E-state index is 0.522. The molecule has 0 N–H and O–H groups in total. The summed E-state index contributed by atoms with van der Waals surface area (Å²) in [6.07, 6.45) is 4.03. The molecule has 1 aromatic rings. The molecule has 1 aromatic heterocycles. The van der Waals surface area contributed by atoms with E-state index in [1.807, 2.05) is 6.07 Å². The molecule has 0 radical (unpaired) electrons. The molecular weight excluding hydrogens is 293 g/mol. The smallest absolute Gasteiger partial charge is 0.129 e. The number of hydrogen-bond donors (Lipinski definition) is 0. The van der Waals surface area contributed by atoms with E-state index in [1.165, 1.54) is 25.8 Å². The second-order valence-electron chi connectivity index (χ2n) is 5.99. The second kappa shape index (κ2) is 6.18. The largest absolute Gasteiger partial charge is 0.298 e. The van der Waals surface area contributed by atoms with Crippen LogP contribution in [0.1, 0.15) is 31.9 Å². The van der Waals surface area contributed by atoms with Crippen molar-refractivity contribution in [2.45, 2.75) is 44.8 Å². The van der Waals surface area contributed by atoms with Crippen LogP contribution in [-0.2, 0) is 6.54 Å². The van der Waals surface area contributed by atoms with Gasteiger partial charge in [-0.1, -0.05) is 29.6 Å². The summed E-state index contributed by atoms with van der Waals surface area (Å²) < 4.78 is 0. The number of nitrogens with zero attached hydrogens (tertiary/aromatic N) is 3. The molecule has 2 aliphatic rings. The van der Waals surface area contributed by atoms with Gasteiger partial charge in [-0.15, -0.1) is 0 Å². The Morgan fingerprint density at radius 2 is 2.10 bits per heavy atom. The quantitative estimate of drug-likeness (QED) is 0.780. The normalized spacial score (nSPS) is 28.4. The van der Waals surface area contributed by atoms with Crippen molar-refractivity contribution in [1.82, 2.24) is 14.8 Å². The maximum atomic E-state index is 6.24. The van der Waals surface area contributed by atoms with E-state index in [9.17, 15) is 0 Å². The predicted octanol–water partition coefficient (Wildman–Crippen LogP) is 3.45. The van der Waals surface area contributed by atoms with Crippen molar-refractivity contribution in [3.05, 3.63) is 28.0 Å². The first kappa shape index (κ1) is 14.6. The average Bonchev–Trinajstić information content (AvgIpc) is 2.43. The van der Waals surface area contributed by atoms with Crippen LogP contribution in [0.15, 0.2) is 12.1 Å². The van der Waals surface area contributed by atoms with E-state index in [2.05, 4.69) is 21.7 Å². The summed E-state index contributed by atoms with van der Waals surface area (Å²) in [4.78, 5) is 9.53. The first-order valence-electron chi connectivity index (χ1n) is 7.42. The molecule has 0 amide bonds.